The van der Waals surface area contributed by atoms with E-state index in [2.05, 4.69) is 55.5 Å². The van der Waals surface area contributed by atoms with Gasteiger partial charge in [0.1, 0.15) is 5.76 Å². The van der Waals surface area contributed by atoms with Gasteiger partial charge in [0.25, 0.3) is 0 Å². The smallest absolute Gasteiger partial charge is 0.117 e. The van der Waals surface area contributed by atoms with Crippen molar-refractivity contribution in [2.45, 2.75) is 23.5 Å². The second-order valence-corrected chi connectivity index (χ2v) is 6.96. The summed E-state index contributed by atoms with van der Waals surface area (Å²) in [5.74, 6) is 1.01. The SMILES string of the molecule is Cc1ccc(C2=Nc3ccccc3S[C@@H](c3ccco3)C2)cc1. The van der Waals surface area contributed by atoms with Crippen molar-refractivity contribution in [3.63, 3.8) is 0 Å². The number of aryl methyl sites for hydroxylation is 1. The molecule has 2 nitrogen and oxygen atoms in total. The lowest BCUT2D eigenvalue weighted by Gasteiger charge is -2.13. The Labute approximate surface area is 140 Å². The van der Waals surface area contributed by atoms with Crippen molar-refractivity contribution >= 4 is 23.2 Å². The number of aliphatic imine (C=N–C) groups is 1. The van der Waals surface area contributed by atoms with Gasteiger partial charge in [0, 0.05) is 17.0 Å². The average molecular weight is 319 g/mol. The first-order valence-corrected chi connectivity index (χ1v) is 8.61. The molecule has 1 aliphatic rings. The van der Waals surface area contributed by atoms with Crippen molar-refractivity contribution in [3.8, 4) is 0 Å². The van der Waals surface area contributed by atoms with Crippen LogP contribution in [0.25, 0.3) is 0 Å². The Morgan fingerprint density at radius 1 is 1.00 bits per heavy atom. The summed E-state index contributed by atoms with van der Waals surface area (Å²) in [6.07, 6.45) is 2.60. The molecule has 0 spiro atoms. The molecule has 0 radical (unpaired) electrons. The van der Waals surface area contributed by atoms with Crippen molar-refractivity contribution in [2.75, 3.05) is 0 Å². The second-order valence-electron chi connectivity index (χ2n) is 5.72. The topological polar surface area (TPSA) is 25.5 Å². The number of nitrogens with zero attached hydrogens (tertiary/aromatic N) is 1. The van der Waals surface area contributed by atoms with E-state index >= 15 is 0 Å². The maximum atomic E-state index is 5.67. The molecule has 0 saturated heterocycles. The summed E-state index contributed by atoms with van der Waals surface area (Å²) in [7, 11) is 0. The molecule has 1 aliphatic heterocycles. The number of fused-ring (bicyclic) bond motifs is 1. The Kier molecular flexibility index (Phi) is 3.80. The minimum Gasteiger partial charge on any atom is -0.468 e. The number of rotatable bonds is 2. The monoisotopic (exact) mass is 319 g/mol. The van der Waals surface area contributed by atoms with E-state index in [0.29, 0.717) is 0 Å². The summed E-state index contributed by atoms with van der Waals surface area (Å²) in [4.78, 5) is 6.16. The molecule has 3 heteroatoms. The van der Waals surface area contributed by atoms with Crippen molar-refractivity contribution in [1.29, 1.82) is 0 Å². The molecule has 3 aromatic rings. The van der Waals surface area contributed by atoms with Gasteiger partial charge in [-0.3, -0.25) is 4.99 Å². The zero-order valence-corrected chi connectivity index (χ0v) is 13.7. The fourth-order valence-corrected chi connectivity index (χ4v) is 3.96. The molecular formula is C20H17NOS. The van der Waals surface area contributed by atoms with Gasteiger partial charge in [-0.05, 0) is 36.8 Å². The first-order valence-electron chi connectivity index (χ1n) is 7.73. The minimum atomic E-state index is 0.244. The van der Waals surface area contributed by atoms with Gasteiger partial charge < -0.3 is 4.42 Å². The van der Waals surface area contributed by atoms with E-state index in [9.17, 15) is 0 Å². The van der Waals surface area contributed by atoms with Crippen LogP contribution in [-0.4, -0.2) is 5.71 Å². The number of benzene rings is 2. The highest BCUT2D eigenvalue weighted by Gasteiger charge is 2.24. The largest absolute Gasteiger partial charge is 0.468 e. The van der Waals surface area contributed by atoms with E-state index in [4.69, 9.17) is 9.41 Å². The van der Waals surface area contributed by atoms with E-state index in [1.165, 1.54) is 16.0 Å². The molecule has 0 aliphatic carbocycles. The fraction of sp³-hybridized carbons (Fsp3) is 0.150. The van der Waals surface area contributed by atoms with Gasteiger partial charge in [0.2, 0.25) is 0 Å². The van der Waals surface area contributed by atoms with Crippen molar-refractivity contribution < 1.29 is 4.42 Å². The summed E-state index contributed by atoms with van der Waals surface area (Å²) in [5.41, 5.74) is 4.61. The molecule has 0 saturated carbocycles. The molecule has 0 fully saturated rings. The van der Waals surface area contributed by atoms with Gasteiger partial charge in [-0.1, -0.05) is 42.0 Å². The third-order valence-corrected chi connectivity index (χ3v) is 5.30. The maximum absolute atomic E-state index is 5.67. The van der Waals surface area contributed by atoms with Crippen molar-refractivity contribution in [1.82, 2.24) is 0 Å². The molecule has 0 bridgehead atoms. The first-order chi connectivity index (χ1) is 11.3. The lowest BCUT2D eigenvalue weighted by molar-refractivity contribution is 0.508. The highest BCUT2D eigenvalue weighted by molar-refractivity contribution is 7.99. The van der Waals surface area contributed by atoms with Gasteiger partial charge in [-0.2, -0.15) is 0 Å². The van der Waals surface area contributed by atoms with Gasteiger partial charge in [-0.15, -0.1) is 11.8 Å². The molecule has 0 N–H and O–H groups in total. The Morgan fingerprint density at radius 2 is 1.83 bits per heavy atom. The van der Waals surface area contributed by atoms with Crippen molar-refractivity contribution in [2.24, 2.45) is 4.99 Å². The van der Waals surface area contributed by atoms with Crippen molar-refractivity contribution in [3.05, 3.63) is 83.8 Å². The Hall–Kier alpha value is -2.26. The van der Waals surface area contributed by atoms with Crippen LogP contribution in [0.5, 0.6) is 0 Å². The average Bonchev–Trinajstić information content (AvgIpc) is 3.03. The van der Waals surface area contributed by atoms with Crippen LogP contribution in [-0.2, 0) is 0 Å². The van der Waals surface area contributed by atoms with Crippen LogP contribution < -0.4 is 0 Å². The normalized spacial score (nSPS) is 17.3. The molecule has 1 aromatic heterocycles. The van der Waals surface area contributed by atoms with Crippen LogP contribution in [0.1, 0.15) is 28.6 Å². The lowest BCUT2D eigenvalue weighted by atomic mass is 10.0. The molecular weight excluding hydrogens is 302 g/mol. The predicted molar refractivity (Wildman–Crippen MR) is 95.7 cm³/mol. The maximum Gasteiger partial charge on any atom is 0.117 e. The van der Waals surface area contributed by atoms with Crippen LogP contribution in [0.4, 0.5) is 5.69 Å². The standard InChI is InChI=1S/C20H17NOS/c1-14-8-10-15(11-9-14)17-13-20(18-6-4-12-22-18)23-19-7-3-2-5-16(19)21-17/h2-12,20H,13H2,1H3/t20-/m1/s1. The van der Waals surface area contributed by atoms with E-state index in [0.717, 1.165) is 23.6 Å². The number of para-hydroxylation sites is 1. The molecule has 0 amide bonds. The van der Waals surface area contributed by atoms with Gasteiger partial charge in [0.05, 0.1) is 17.2 Å². The lowest BCUT2D eigenvalue weighted by Crippen LogP contribution is -2.04. The number of thioether (sulfide) groups is 1. The molecule has 0 unspecified atom stereocenters. The fourth-order valence-electron chi connectivity index (χ4n) is 2.77. The van der Waals surface area contributed by atoms with E-state index in [1.807, 2.05) is 23.9 Å². The van der Waals surface area contributed by atoms with Gasteiger partial charge in [0.15, 0.2) is 0 Å². The first kappa shape index (κ1) is 14.3. The van der Waals surface area contributed by atoms with Crippen LogP contribution in [0, 0.1) is 6.92 Å². The quantitative estimate of drug-likeness (QED) is 0.583. The molecule has 4 rings (SSSR count). The van der Waals surface area contributed by atoms with E-state index in [1.54, 1.807) is 6.26 Å². The second kappa shape index (κ2) is 6.09. The highest BCUT2D eigenvalue weighted by atomic mass is 32.2. The molecule has 114 valence electrons. The summed E-state index contributed by atoms with van der Waals surface area (Å²) in [5, 5.41) is 0.244. The third kappa shape index (κ3) is 2.97. The Balaban J connectivity index is 1.80. The van der Waals surface area contributed by atoms with E-state index in [-0.39, 0.29) is 5.25 Å². The summed E-state index contributed by atoms with van der Waals surface area (Å²) < 4.78 is 5.67. The van der Waals surface area contributed by atoms with E-state index < -0.39 is 0 Å². The Bertz CT molecular complexity index is 834. The van der Waals surface area contributed by atoms with Gasteiger partial charge >= 0.3 is 0 Å². The van der Waals surface area contributed by atoms with Crippen LogP contribution in [0.2, 0.25) is 0 Å². The molecule has 1 atom stereocenters. The third-order valence-electron chi connectivity index (χ3n) is 4.01. The zero-order valence-electron chi connectivity index (χ0n) is 12.9. The summed E-state index contributed by atoms with van der Waals surface area (Å²) in [6, 6.07) is 20.9. The highest BCUT2D eigenvalue weighted by Crippen LogP contribution is 2.45. The van der Waals surface area contributed by atoms with Crippen LogP contribution in [0.3, 0.4) is 0 Å². The predicted octanol–water partition coefficient (Wildman–Crippen LogP) is 5.95. The molecule has 23 heavy (non-hydrogen) atoms. The molecule has 2 heterocycles. The van der Waals surface area contributed by atoms with Crippen LogP contribution >= 0.6 is 11.8 Å². The number of hydrogen-bond donors (Lipinski definition) is 0. The summed E-state index contributed by atoms with van der Waals surface area (Å²) >= 11 is 1.83. The Morgan fingerprint density at radius 3 is 2.61 bits per heavy atom. The molecule has 2 aromatic carbocycles. The summed E-state index contributed by atoms with van der Waals surface area (Å²) in [6.45, 7) is 2.11. The number of furan rings is 1. The zero-order chi connectivity index (χ0) is 15.6. The van der Waals surface area contributed by atoms with Crippen LogP contribution in [0.15, 0.2) is 81.2 Å². The minimum absolute atomic E-state index is 0.244. The van der Waals surface area contributed by atoms with Gasteiger partial charge in [-0.25, -0.2) is 0 Å². The number of hydrogen-bond acceptors (Lipinski definition) is 3.